The molecule has 1 aromatic carbocycles. The molecule has 2 rings (SSSR count). The van der Waals surface area contributed by atoms with E-state index in [1.54, 1.807) is 12.1 Å². The lowest BCUT2D eigenvalue weighted by Gasteiger charge is -2.40. The molecule has 0 aliphatic heterocycles. The van der Waals surface area contributed by atoms with Crippen molar-refractivity contribution >= 4 is 9.84 Å². The third-order valence-corrected chi connectivity index (χ3v) is 5.76. The summed E-state index contributed by atoms with van der Waals surface area (Å²) >= 11 is 0. The highest BCUT2D eigenvalue weighted by Crippen LogP contribution is 2.43. The van der Waals surface area contributed by atoms with Gasteiger partial charge in [-0.2, -0.15) is 0 Å². The highest BCUT2D eigenvalue weighted by atomic mass is 32.2. The van der Waals surface area contributed by atoms with E-state index in [9.17, 15) is 13.5 Å². The molecule has 0 atom stereocenters. The van der Waals surface area contributed by atoms with Crippen LogP contribution >= 0.6 is 0 Å². The summed E-state index contributed by atoms with van der Waals surface area (Å²) in [6.45, 7) is 2.04. The van der Waals surface area contributed by atoms with Crippen molar-refractivity contribution < 1.29 is 13.5 Å². The molecule has 0 amide bonds. The van der Waals surface area contributed by atoms with Crippen molar-refractivity contribution in [2.45, 2.75) is 37.5 Å². The number of rotatable bonds is 5. The largest absolute Gasteiger partial charge is 0.396 e. The van der Waals surface area contributed by atoms with Crippen LogP contribution in [0.25, 0.3) is 0 Å². The fourth-order valence-corrected chi connectivity index (χ4v) is 3.87. The van der Waals surface area contributed by atoms with Crippen LogP contribution in [0.4, 0.5) is 0 Å². The molecule has 1 N–H and O–H groups in total. The van der Waals surface area contributed by atoms with E-state index < -0.39 is 9.84 Å². The van der Waals surface area contributed by atoms with E-state index in [1.807, 2.05) is 19.1 Å². The smallest absolute Gasteiger partial charge is 0.178 e. The van der Waals surface area contributed by atoms with E-state index in [0.717, 1.165) is 24.8 Å². The topological polar surface area (TPSA) is 54.4 Å². The maximum atomic E-state index is 12.2. The Bertz CT molecular complexity index is 493. The number of sulfone groups is 1. The van der Waals surface area contributed by atoms with Crippen LogP contribution in [-0.4, -0.2) is 25.9 Å². The molecule has 0 bridgehead atoms. The predicted octanol–water partition coefficient (Wildman–Crippen LogP) is 2.32. The molecule has 1 aliphatic carbocycles. The molecule has 100 valence electrons. The molecule has 0 unspecified atom stereocenters. The standard InChI is InChI=1S/C14H20O3S/c1-12-3-5-13(6-4-12)18(16,17)10-9-14(11-15)7-2-8-14/h3-6,15H,2,7-11H2,1H3. The van der Waals surface area contributed by atoms with Gasteiger partial charge in [-0.05, 0) is 43.7 Å². The molecule has 1 aliphatic rings. The van der Waals surface area contributed by atoms with E-state index in [-0.39, 0.29) is 17.8 Å². The predicted molar refractivity (Wildman–Crippen MR) is 71.2 cm³/mol. The number of aliphatic hydroxyl groups is 1. The molecule has 0 spiro atoms. The van der Waals surface area contributed by atoms with Gasteiger partial charge in [-0.3, -0.25) is 0 Å². The van der Waals surface area contributed by atoms with Gasteiger partial charge in [0.1, 0.15) is 0 Å². The van der Waals surface area contributed by atoms with Gasteiger partial charge < -0.3 is 5.11 Å². The summed E-state index contributed by atoms with van der Waals surface area (Å²) in [4.78, 5) is 0.389. The Balaban J connectivity index is 2.05. The highest BCUT2D eigenvalue weighted by molar-refractivity contribution is 7.91. The zero-order valence-corrected chi connectivity index (χ0v) is 11.5. The zero-order chi connectivity index (χ0) is 13.2. The van der Waals surface area contributed by atoms with E-state index in [1.165, 1.54) is 0 Å². The Morgan fingerprint density at radius 3 is 2.28 bits per heavy atom. The van der Waals surface area contributed by atoms with Crippen molar-refractivity contribution in [1.29, 1.82) is 0 Å². The third kappa shape index (κ3) is 2.75. The average Bonchev–Trinajstić information content (AvgIpc) is 2.29. The van der Waals surface area contributed by atoms with Crippen LogP contribution in [-0.2, 0) is 9.84 Å². The molecular formula is C14H20O3S. The summed E-state index contributed by atoms with van der Waals surface area (Å²) < 4.78 is 24.3. The van der Waals surface area contributed by atoms with Gasteiger partial charge in [0.05, 0.1) is 10.6 Å². The fraction of sp³-hybridized carbons (Fsp3) is 0.571. The molecule has 1 saturated carbocycles. The fourth-order valence-electron chi connectivity index (χ4n) is 2.38. The second-order valence-electron chi connectivity index (χ2n) is 5.39. The number of aryl methyl sites for hydroxylation is 1. The monoisotopic (exact) mass is 268 g/mol. The normalized spacial score (nSPS) is 18.3. The van der Waals surface area contributed by atoms with Crippen molar-refractivity contribution in [3.8, 4) is 0 Å². The van der Waals surface area contributed by atoms with Crippen LogP contribution in [0.15, 0.2) is 29.2 Å². The van der Waals surface area contributed by atoms with Gasteiger partial charge in [-0.1, -0.05) is 24.1 Å². The molecule has 0 radical (unpaired) electrons. The minimum absolute atomic E-state index is 0.108. The molecule has 0 heterocycles. The minimum atomic E-state index is -3.21. The average molecular weight is 268 g/mol. The lowest BCUT2D eigenvalue weighted by atomic mass is 9.68. The molecular weight excluding hydrogens is 248 g/mol. The van der Waals surface area contributed by atoms with Crippen molar-refractivity contribution in [2.75, 3.05) is 12.4 Å². The number of aliphatic hydroxyl groups excluding tert-OH is 1. The Kier molecular flexibility index (Phi) is 3.78. The summed E-state index contributed by atoms with van der Waals surface area (Å²) in [5.74, 6) is 0.136. The van der Waals surface area contributed by atoms with Crippen LogP contribution in [0.5, 0.6) is 0 Å². The minimum Gasteiger partial charge on any atom is -0.396 e. The third-order valence-electron chi connectivity index (χ3n) is 4.03. The van der Waals surface area contributed by atoms with E-state index >= 15 is 0 Å². The Morgan fingerprint density at radius 1 is 1.22 bits per heavy atom. The van der Waals surface area contributed by atoms with Gasteiger partial charge in [0.15, 0.2) is 9.84 Å². The van der Waals surface area contributed by atoms with Crippen LogP contribution in [0.3, 0.4) is 0 Å². The first-order valence-electron chi connectivity index (χ1n) is 6.38. The Hall–Kier alpha value is -0.870. The van der Waals surface area contributed by atoms with Gasteiger partial charge in [0, 0.05) is 6.61 Å². The number of hydrogen-bond acceptors (Lipinski definition) is 3. The summed E-state index contributed by atoms with van der Waals surface area (Å²) in [6.07, 6.45) is 3.57. The number of hydrogen-bond donors (Lipinski definition) is 1. The summed E-state index contributed by atoms with van der Waals surface area (Å²) in [7, 11) is -3.21. The van der Waals surface area contributed by atoms with Crippen molar-refractivity contribution in [1.82, 2.24) is 0 Å². The van der Waals surface area contributed by atoms with Crippen molar-refractivity contribution in [3.63, 3.8) is 0 Å². The Morgan fingerprint density at radius 2 is 1.83 bits per heavy atom. The van der Waals surface area contributed by atoms with Crippen molar-refractivity contribution in [2.24, 2.45) is 5.41 Å². The molecule has 1 aromatic rings. The first-order chi connectivity index (χ1) is 8.47. The van der Waals surface area contributed by atoms with Gasteiger partial charge in [0.2, 0.25) is 0 Å². The number of benzene rings is 1. The van der Waals surface area contributed by atoms with Gasteiger partial charge in [-0.15, -0.1) is 0 Å². The van der Waals surface area contributed by atoms with Gasteiger partial charge >= 0.3 is 0 Å². The van der Waals surface area contributed by atoms with Crippen LogP contribution in [0.2, 0.25) is 0 Å². The first-order valence-corrected chi connectivity index (χ1v) is 8.03. The van der Waals surface area contributed by atoms with E-state index in [2.05, 4.69) is 0 Å². The first kappa shape index (κ1) is 13.6. The Labute approximate surface area is 109 Å². The zero-order valence-electron chi connectivity index (χ0n) is 10.7. The quantitative estimate of drug-likeness (QED) is 0.891. The highest BCUT2D eigenvalue weighted by Gasteiger charge is 2.37. The molecule has 1 fully saturated rings. The SMILES string of the molecule is Cc1ccc(S(=O)(=O)CCC2(CO)CCC2)cc1. The van der Waals surface area contributed by atoms with Crippen molar-refractivity contribution in [3.05, 3.63) is 29.8 Å². The van der Waals surface area contributed by atoms with Crippen LogP contribution < -0.4 is 0 Å². The van der Waals surface area contributed by atoms with E-state index in [4.69, 9.17) is 0 Å². The second-order valence-corrected chi connectivity index (χ2v) is 7.50. The van der Waals surface area contributed by atoms with Gasteiger partial charge in [0.25, 0.3) is 0 Å². The summed E-state index contributed by atoms with van der Waals surface area (Å²) in [5, 5.41) is 9.35. The molecule has 18 heavy (non-hydrogen) atoms. The van der Waals surface area contributed by atoms with Crippen LogP contribution in [0.1, 0.15) is 31.2 Å². The maximum absolute atomic E-state index is 12.2. The molecule has 4 heteroatoms. The second kappa shape index (κ2) is 5.02. The van der Waals surface area contributed by atoms with Crippen LogP contribution in [0, 0.1) is 12.3 Å². The lowest BCUT2D eigenvalue weighted by molar-refractivity contribution is 0.0417. The molecule has 0 saturated heterocycles. The summed E-state index contributed by atoms with van der Waals surface area (Å²) in [5.41, 5.74) is 0.928. The summed E-state index contributed by atoms with van der Waals surface area (Å²) in [6, 6.07) is 6.96. The van der Waals surface area contributed by atoms with E-state index in [0.29, 0.717) is 11.3 Å². The molecule has 0 aromatic heterocycles. The maximum Gasteiger partial charge on any atom is 0.178 e. The van der Waals surface area contributed by atoms with Gasteiger partial charge in [-0.25, -0.2) is 8.42 Å². The molecule has 3 nitrogen and oxygen atoms in total. The lowest BCUT2D eigenvalue weighted by Crippen LogP contribution is -2.35.